The Hall–Kier alpha value is -2.82. The number of aryl methyl sites for hydroxylation is 1. The normalized spacial score (nSPS) is 25.1. The van der Waals surface area contributed by atoms with E-state index in [0.717, 1.165) is 35.1 Å². The van der Waals surface area contributed by atoms with Crippen molar-refractivity contribution in [3.63, 3.8) is 0 Å². The van der Waals surface area contributed by atoms with Gasteiger partial charge in [-0.25, -0.2) is 4.98 Å². The zero-order chi connectivity index (χ0) is 20.6. The molecule has 150 valence electrons. The third-order valence-corrected chi connectivity index (χ3v) is 7.86. The summed E-state index contributed by atoms with van der Waals surface area (Å²) in [4.78, 5) is 23.2. The highest BCUT2D eigenvalue weighted by atomic mass is 16.3. The smallest absolute Gasteiger partial charge is 0.254 e. The van der Waals surface area contributed by atoms with Crippen LogP contribution in [0.2, 0.25) is 0 Å². The number of hydrogen-bond donors (Lipinski definition) is 2. The third-order valence-electron chi connectivity index (χ3n) is 7.86. The number of nitrogens with one attached hydrogen (secondary N) is 1. The largest absolute Gasteiger partial charge is 0.508 e. The number of amides is 1. The molecule has 5 heteroatoms. The quantitative estimate of drug-likeness (QED) is 0.651. The molecule has 2 aromatic carbocycles. The van der Waals surface area contributed by atoms with Crippen molar-refractivity contribution in [2.45, 2.75) is 52.0 Å². The number of nitrogens with zero attached hydrogens (tertiary/aromatic N) is 2. The minimum Gasteiger partial charge on any atom is -0.508 e. The Morgan fingerprint density at radius 2 is 2.07 bits per heavy atom. The van der Waals surface area contributed by atoms with Gasteiger partial charge in [-0.1, -0.05) is 32.9 Å². The van der Waals surface area contributed by atoms with Crippen molar-refractivity contribution in [3.8, 4) is 5.75 Å². The van der Waals surface area contributed by atoms with Crippen LogP contribution in [-0.2, 0) is 11.8 Å². The summed E-state index contributed by atoms with van der Waals surface area (Å²) in [5, 5.41) is 10.6. The number of imidazole rings is 1. The number of carbonyl (C=O) groups excluding carboxylic acids is 1. The number of hydrogen-bond acceptors (Lipinski definition) is 3. The van der Waals surface area contributed by atoms with Crippen molar-refractivity contribution in [2.24, 2.45) is 5.41 Å². The maximum absolute atomic E-state index is 13.6. The number of aromatic amines is 1. The molecular weight excluding hydrogens is 362 g/mol. The van der Waals surface area contributed by atoms with Crippen LogP contribution in [0.3, 0.4) is 0 Å². The Morgan fingerprint density at radius 1 is 1.28 bits per heavy atom. The van der Waals surface area contributed by atoms with Gasteiger partial charge in [0.05, 0.1) is 17.4 Å². The molecule has 1 aliphatic carbocycles. The van der Waals surface area contributed by atoms with E-state index in [4.69, 9.17) is 0 Å². The van der Waals surface area contributed by atoms with E-state index in [0.29, 0.717) is 17.7 Å². The van der Waals surface area contributed by atoms with E-state index < -0.39 is 0 Å². The average Bonchev–Trinajstić information content (AvgIpc) is 3.14. The minimum atomic E-state index is -0.104. The Labute approximate surface area is 170 Å². The number of phenols is 1. The predicted octanol–water partition coefficient (Wildman–Crippen LogP) is 4.33. The SMILES string of the molecule is Cc1cc(C(=O)N2CC[C@@]3(C)c4cccc(O)c4C[C@@H]2C3(C)C)cc2nc[nH]c12. The third kappa shape index (κ3) is 2.33. The van der Waals surface area contributed by atoms with E-state index in [1.807, 2.05) is 30.0 Å². The first-order valence-electron chi connectivity index (χ1n) is 10.3. The second-order valence-electron chi connectivity index (χ2n) is 9.42. The molecule has 2 atom stereocenters. The Morgan fingerprint density at radius 3 is 2.86 bits per heavy atom. The molecule has 2 aliphatic rings. The van der Waals surface area contributed by atoms with E-state index in [1.165, 1.54) is 5.56 Å². The zero-order valence-electron chi connectivity index (χ0n) is 17.4. The molecule has 1 aliphatic heterocycles. The number of likely N-dealkylation sites (tertiary alicyclic amines) is 1. The average molecular weight is 389 g/mol. The summed E-state index contributed by atoms with van der Waals surface area (Å²) >= 11 is 0. The predicted molar refractivity (Wildman–Crippen MR) is 113 cm³/mol. The van der Waals surface area contributed by atoms with Gasteiger partial charge < -0.3 is 15.0 Å². The first kappa shape index (κ1) is 18.2. The maximum Gasteiger partial charge on any atom is 0.254 e. The molecule has 2 heterocycles. The monoisotopic (exact) mass is 389 g/mol. The van der Waals surface area contributed by atoms with Gasteiger partial charge in [0, 0.05) is 23.6 Å². The van der Waals surface area contributed by atoms with Crippen LogP contribution in [0.25, 0.3) is 11.0 Å². The van der Waals surface area contributed by atoms with Crippen LogP contribution < -0.4 is 0 Å². The molecule has 1 amide bonds. The van der Waals surface area contributed by atoms with Crippen molar-refractivity contribution in [2.75, 3.05) is 6.54 Å². The lowest BCUT2D eigenvalue weighted by Gasteiger charge is -2.60. The zero-order valence-corrected chi connectivity index (χ0v) is 17.4. The number of fused-ring (bicyclic) bond motifs is 5. The van der Waals surface area contributed by atoms with Gasteiger partial charge in [0.2, 0.25) is 0 Å². The second kappa shape index (κ2) is 5.85. The Balaban J connectivity index is 1.59. The Kier molecular flexibility index (Phi) is 3.67. The second-order valence-corrected chi connectivity index (χ2v) is 9.42. The van der Waals surface area contributed by atoms with Crippen LogP contribution in [-0.4, -0.2) is 38.5 Å². The van der Waals surface area contributed by atoms with Crippen molar-refractivity contribution in [1.29, 1.82) is 0 Å². The van der Waals surface area contributed by atoms with Crippen LogP contribution >= 0.6 is 0 Å². The van der Waals surface area contributed by atoms with Gasteiger partial charge in [-0.2, -0.15) is 0 Å². The van der Waals surface area contributed by atoms with E-state index in [-0.39, 0.29) is 22.8 Å². The number of benzene rings is 2. The standard InChI is InChI=1S/C24H27N3O2/c1-14-10-15(11-18-21(14)26-13-25-18)22(29)27-9-8-24(4)17-6-5-7-19(28)16(17)12-20(27)23(24,2)3/h5-7,10-11,13,20,28H,8-9,12H2,1-4H3,(H,25,26)/t20-,24+/m1/s1. The molecule has 0 radical (unpaired) electrons. The van der Waals surface area contributed by atoms with Crippen LogP contribution in [0.1, 0.15) is 54.2 Å². The highest BCUT2D eigenvalue weighted by Gasteiger charge is 2.57. The van der Waals surface area contributed by atoms with Gasteiger partial charge >= 0.3 is 0 Å². The lowest BCUT2D eigenvalue weighted by molar-refractivity contribution is -0.0266. The molecule has 5 nitrogen and oxygen atoms in total. The minimum absolute atomic E-state index is 0.0322. The number of rotatable bonds is 1. The lowest BCUT2D eigenvalue weighted by Crippen LogP contribution is -2.64. The van der Waals surface area contributed by atoms with E-state index in [9.17, 15) is 9.90 Å². The van der Waals surface area contributed by atoms with Crippen LogP contribution in [0.5, 0.6) is 5.75 Å². The van der Waals surface area contributed by atoms with Crippen LogP contribution in [0.15, 0.2) is 36.7 Å². The fraction of sp³-hybridized carbons (Fsp3) is 0.417. The number of aromatic nitrogens is 2. The summed E-state index contributed by atoms with van der Waals surface area (Å²) < 4.78 is 0. The molecular formula is C24H27N3O2. The summed E-state index contributed by atoms with van der Waals surface area (Å²) in [5.74, 6) is 0.398. The molecule has 5 rings (SSSR count). The molecule has 1 aromatic heterocycles. The first-order chi connectivity index (χ1) is 13.7. The molecule has 1 saturated heterocycles. The number of carbonyl (C=O) groups is 1. The molecule has 0 spiro atoms. The fourth-order valence-corrected chi connectivity index (χ4v) is 5.68. The van der Waals surface area contributed by atoms with Gasteiger partial charge in [0.1, 0.15) is 5.75 Å². The molecule has 0 unspecified atom stereocenters. The van der Waals surface area contributed by atoms with Crippen molar-refractivity contribution < 1.29 is 9.90 Å². The number of H-pyrrole nitrogens is 1. The molecule has 0 saturated carbocycles. The molecule has 29 heavy (non-hydrogen) atoms. The summed E-state index contributed by atoms with van der Waals surface area (Å²) in [6, 6.07) is 9.73. The lowest BCUT2D eigenvalue weighted by atomic mass is 9.51. The number of piperidine rings is 1. The molecule has 1 fully saturated rings. The summed E-state index contributed by atoms with van der Waals surface area (Å²) in [6.45, 7) is 9.55. The maximum atomic E-state index is 13.6. The summed E-state index contributed by atoms with van der Waals surface area (Å²) in [6.07, 6.45) is 3.23. The highest BCUT2D eigenvalue weighted by molar-refractivity contribution is 5.98. The molecule has 3 aromatic rings. The van der Waals surface area contributed by atoms with Gasteiger partial charge in [-0.15, -0.1) is 0 Å². The summed E-state index contributed by atoms with van der Waals surface area (Å²) in [7, 11) is 0. The van der Waals surface area contributed by atoms with Gasteiger partial charge in [0.15, 0.2) is 0 Å². The number of aromatic hydroxyl groups is 1. The van der Waals surface area contributed by atoms with Crippen molar-refractivity contribution in [1.82, 2.24) is 14.9 Å². The van der Waals surface area contributed by atoms with Crippen molar-refractivity contribution in [3.05, 3.63) is 58.9 Å². The Bertz CT molecular complexity index is 1150. The highest BCUT2D eigenvalue weighted by Crippen LogP contribution is 2.57. The fourth-order valence-electron chi connectivity index (χ4n) is 5.68. The van der Waals surface area contributed by atoms with E-state index >= 15 is 0 Å². The van der Waals surface area contributed by atoms with E-state index in [1.54, 1.807) is 12.4 Å². The molecule has 2 N–H and O–H groups in total. The van der Waals surface area contributed by atoms with Crippen LogP contribution in [0, 0.1) is 12.3 Å². The van der Waals surface area contributed by atoms with Crippen molar-refractivity contribution >= 4 is 16.9 Å². The van der Waals surface area contributed by atoms with E-state index in [2.05, 4.69) is 36.8 Å². The first-order valence-corrected chi connectivity index (χ1v) is 10.3. The summed E-state index contributed by atoms with van der Waals surface area (Å²) in [5.41, 5.74) is 5.55. The molecule has 2 bridgehead atoms. The van der Waals surface area contributed by atoms with Gasteiger partial charge in [-0.05, 0) is 60.1 Å². The van der Waals surface area contributed by atoms with Gasteiger partial charge in [0.25, 0.3) is 5.91 Å². The van der Waals surface area contributed by atoms with Crippen LogP contribution in [0.4, 0.5) is 0 Å². The topological polar surface area (TPSA) is 69.2 Å². The van der Waals surface area contributed by atoms with Gasteiger partial charge in [-0.3, -0.25) is 4.79 Å². The number of phenolic OH excluding ortho intramolecular Hbond substituents is 1.